The maximum absolute atomic E-state index is 11.7. The predicted molar refractivity (Wildman–Crippen MR) is 81.4 cm³/mol. The monoisotopic (exact) mass is 272 g/mol. The zero-order valence-electron chi connectivity index (χ0n) is 12.1. The molecule has 0 aromatic heterocycles. The number of ether oxygens (including phenoxy) is 1. The van der Waals surface area contributed by atoms with E-state index in [1.54, 1.807) is 0 Å². The molecule has 0 aliphatic heterocycles. The first kappa shape index (κ1) is 14.2. The molecule has 4 nitrogen and oxygen atoms in total. The molecule has 0 saturated carbocycles. The molecule has 2 aromatic carbocycles. The number of hydrogen-bond acceptors (Lipinski definition) is 3. The van der Waals surface area contributed by atoms with Crippen LogP contribution in [-0.4, -0.2) is 11.7 Å². The molecule has 0 radical (unpaired) electrons. The van der Waals surface area contributed by atoms with E-state index in [9.17, 15) is 4.79 Å². The first-order chi connectivity index (χ1) is 9.37. The van der Waals surface area contributed by atoms with Crippen LogP contribution in [0.25, 0.3) is 10.8 Å². The summed E-state index contributed by atoms with van der Waals surface area (Å²) in [5.74, 6) is 0. The maximum atomic E-state index is 11.7. The zero-order chi connectivity index (χ0) is 14.8. The van der Waals surface area contributed by atoms with Crippen molar-refractivity contribution >= 4 is 22.6 Å². The molecular formula is C16H20N2O2. The van der Waals surface area contributed by atoms with Crippen molar-refractivity contribution in [2.45, 2.75) is 32.9 Å². The van der Waals surface area contributed by atoms with Gasteiger partial charge >= 0.3 is 6.09 Å². The van der Waals surface area contributed by atoms with Crippen molar-refractivity contribution in [2.75, 3.05) is 5.73 Å². The highest BCUT2D eigenvalue weighted by Crippen LogP contribution is 2.24. The molecule has 106 valence electrons. The molecule has 2 rings (SSSR count). The lowest BCUT2D eigenvalue weighted by Crippen LogP contribution is -2.32. The van der Waals surface area contributed by atoms with E-state index in [1.165, 1.54) is 0 Å². The Balaban J connectivity index is 2.15. The van der Waals surface area contributed by atoms with E-state index in [1.807, 2.05) is 57.2 Å². The number of fused-ring (bicyclic) bond motifs is 1. The molecule has 20 heavy (non-hydrogen) atoms. The van der Waals surface area contributed by atoms with Crippen molar-refractivity contribution in [3.63, 3.8) is 0 Å². The number of benzene rings is 2. The van der Waals surface area contributed by atoms with Gasteiger partial charge in [0.1, 0.15) is 5.60 Å². The van der Waals surface area contributed by atoms with Crippen molar-refractivity contribution in [3.05, 3.63) is 42.0 Å². The third kappa shape index (κ3) is 3.41. The Bertz CT molecular complexity index is 630. The Kier molecular flexibility index (Phi) is 3.84. The molecule has 0 aliphatic rings. The number of nitrogens with one attached hydrogen (secondary N) is 1. The molecule has 0 fully saturated rings. The van der Waals surface area contributed by atoms with Gasteiger partial charge in [0.15, 0.2) is 0 Å². The van der Waals surface area contributed by atoms with Crippen LogP contribution in [-0.2, 0) is 11.3 Å². The first-order valence-corrected chi connectivity index (χ1v) is 6.60. The van der Waals surface area contributed by atoms with Gasteiger partial charge in [-0.3, -0.25) is 0 Å². The number of rotatable bonds is 2. The van der Waals surface area contributed by atoms with Crippen LogP contribution in [0.3, 0.4) is 0 Å². The minimum Gasteiger partial charge on any atom is -0.444 e. The molecule has 1 amide bonds. The summed E-state index contributed by atoms with van der Waals surface area (Å²) in [7, 11) is 0. The van der Waals surface area contributed by atoms with Gasteiger partial charge in [-0.15, -0.1) is 0 Å². The van der Waals surface area contributed by atoms with E-state index in [-0.39, 0.29) is 0 Å². The lowest BCUT2D eigenvalue weighted by Gasteiger charge is -2.20. The number of amides is 1. The highest BCUT2D eigenvalue weighted by atomic mass is 16.6. The molecule has 0 saturated heterocycles. The third-order valence-electron chi connectivity index (χ3n) is 2.87. The van der Waals surface area contributed by atoms with E-state index in [4.69, 9.17) is 10.5 Å². The van der Waals surface area contributed by atoms with Crippen molar-refractivity contribution in [3.8, 4) is 0 Å². The summed E-state index contributed by atoms with van der Waals surface area (Å²) in [6.07, 6.45) is -0.418. The van der Waals surface area contributed by atoms with Gasteiger partial charge in [-0.05, 0) is 37.8 Å². The quantitative estimate of drug-likeness (QED) is 0.823. The normalized spacial score (nSPS) is 11.3. The Morgan fingerprint density at radius 2 is 1.80 bits per heavy atom. The number of carbonyl (C=O) groups excluding carboxylic acids is 1. The molecule has 2 aromatic rings. The summed E-state index contributed by atoms with van der Waals surface area (Å²) in [6, 6.07) is 11.7. The van der Waals surface area contributed by atoms with Crippen molar-refractivity contribution in [1.82, 2.24) is 5.32 Å². The summed E-state index contributed by atoms with van der Waals surface area (Å²) in [5.41, 5.74) is 7.21. The summed E-state index contributed by atoms with van der Waals surface area (Å²) >= 11 is 0. The molecule has 0 heterocycles. The lowest BCUT2D eigenvalue weighted by molar-refractivity contribution is 0.0524. The Morgan fingerprint density at radius 3 is 2.45 bits per heavy atom. The van der Waals surface area contributed by atoms with Crippen molar-refractivity contribution in [1.29, 1.82) is 0 Å². The zero-order valence-corrected chi connectivity index (χ0v) is 12.1. The number of anilines is 1. The number of carbonyl (C=O) groups is 1. The van der Waals surface area contributed by atoms with Gasteiger partial charge < -0.3 is 15.8 Å². The van der Waals surface area contributed by atoms with E-state index in [0.717, 1.165) is 22.0 Å². The molecule has 0 atom stereocenters. The van der Waals surface area contributed by atoms with E-state index in [0.29, 0.717) is 6.54 Å². The van der Waals surface area contributed by atoms with E-state index < -0.39 is 11.7 Å². The smallest absolute Gasteiger partial charge is 0.407 e. The van der Waals surface area contributed by atoms with Gasteiger partial charge in [-0.25, -0.2) is 4.79 Å². The van der Waals surface area contributed by atoms with Gasteiger partial charge in [-0.1, -0.05) is 30.3 Å². The molecular weight excluding hydrogens is 252 g/mol. The van der Waals surface area contributed by atoms with Gasteiger partial charge in [-0.2, -0.15) is 0 Å². The highest BCUT2D eigenvalue weighted by Gasteiger charge is 2.16. The number of hydrogen-bond donors (Lipinski definition) is 2. The van der Waals surface area contributed by atoms with E-state index >= 15 is 0 Å². The van der Waals surface area contributed by atoms with Crippen LogP contribution >= 0.6 is 0 Å². The van der Waals surface area contributed by atoms with Gasteiger partial charge in [0, 0.05) is 17.6 Å². The Labute approximate surface area is 118 Å². The fourth-order valence-corrected chi connectivity index (χ4v) is 2.02. The second-order valence-corrected chi connectivity index (χ2v) is 5.71. The summed E-state index contributed by atoms with van der Waals surface area (Å²) in [4.78, 5) is 11.7. The summed E-state index contributed by atoms with van der Waals surface area (Å²) in [6.45, 7) is 5.93. The summed E-state index contributed by atoms with van der Waals surface area (Å²) < 4.78 is 5.22. The lowest BCUT2D eigenvalue weighted by atomic mass is 10.0. The minimum atomic E-state index is -0.493. The standard InChI is InChI=1S/C16H20N2O2/c1-16(2,3)20-15(19)18-10-11-8-9-14(17)13-7-5-4-6-12(11)13/h4-9H,10,17H2,1-3H3,(H,18,19). The molecule has 0 aliphatic carbocycles. The molecule has 0 unspecified atom stereocenters. The van der Waals surface area contributed by atoms with Crippen LogP contribution in [0.5, 0.6) is 0 Å². The predicted octanol–water partition coefficient (Wildman–Crippen LogP) is 3.45. The second-order valence-electron chi connectivity index (χ2n) is 5.71. The van der Waals surface area contributed by atoms with Crippen LogP contribution in [0.1, 0.15) is 26.3 Å². The van der Waals surface area contributed by atoms with Crippen LogP contribution < -0.4 is 11.1 Å². The molecule has 0 bridgehead atoms. The van der Waals surface area contributed by atoms with Crippen molar-refractivity contribution < 1.29 is 9.53 Å². The average molecular weight is 272 g/mol. The topological polar surface area (TPSA) is 64.3 Å². The fraction of sp³-hybridized carbons (Fsp3) is 0.312. The average Bonchev–Trinajstić information content (AvgIpc) is 2.36. The second kappa shape index (κ2) is 5.41. The first-order valence-electron chi connectivity index (χ1n) is 6.60. The fourth-order valence-electron chi connectivity index (χ4n) is 2.02. The minimum absolute atomic E-state index is 0.412. The maximum Gasteiger partial charge on any atom is 0.407 e. The molecule has 4 heteroatoms. The number of alkyl carbamates (subject to hydrolysis) is 1. The number of nitrogen functional groups attached to an aromatic ring is 1. The SMILES string of the molecule is CC(C)(C)OC(=O)NCc1ccc(N)c2ccccc12. The third-order valence-corrected chi connectivity index (χ3v) is 2.87. The van der Waals surface area contributed by atoms with Gasteiger partial charge in [0.05, 0.1) is 0 Å². The van der Waals surface area contributed by atoms with Crippen LogP contribution in [0.4, 0.5) is 10.5 Å². The number of nitrogens with two attached hydrogens (primary N) is 1. The summed E-state index contributed by atoms with van der Waals surface area (Å²) in [5, 5.41) is 4.81. The van der Waals surface area contributed by atoms with Gasteiger partial charge in [0.2, 0.25) is 0 Å². The molecule has 0 spiro atoms. The van der Waals surface area contributed by atoms with E-state index in [2.05, 4.69) is 5.32 Å². The van der Waals surface area contributed by atoms with Gasteiger partial charge in [0.25, 0.3) is 0 Å². The highest BCUT2D eigenvalue weighted by molar-refractivity contribution is 5.95. The van der Waals surface area contributed by atoms with Crippen molar-refractivity contribution in [2.24, 2.45) is 0 Å². The van der Waals surface area contributed by atoms with Crippen LogP contribution in [0.2, 0.25) is 0 Å². The Morgan fingerprint density at radius 1 is 1.15 bits per heavy atom. The van der Waals surface area contributed by atoms with Crippen LogP contribution in [0.15, 0.2) is 36.4 Å². The Hall–Kier alpha value is -2.23. The van der Waals surface area contributed by atoms with Crippen LogP contribution in [0, 0.1) is 0 Å². The largest absolute Gasteiger partial charge is 0.444 e. The molecule has 3 N–H and O–H groups in total.